The van der Waals surface area contributed by atoms with Crippen molar-refractivity contribution in [2.75, 3.05) is 6.54 Å². The predicted octanol–water partition coefficient (Wildman–Crippen LogP) is 3.25. The molecule has 5 heteroatoms. The maximum absolute atomic E-state index is 11.7. The van der Waals surface area contributed by atoms with Crippen LogP contribution in [0, 0.1) is 6.92 Å². The summed E-state index contributed by atoms with van der Waals surface area (Å²) in [5, 5.41) is 3.18. The lowest BCUT2D eigenvalue weighted by Crippen LogP contribution is -2.33. The quantitative estimate of drug-likeness (QED) is 0.795. The lowest BCUT2D eigenvalue weighted by molar-refractivity contribution is -0.126. The van der Waals surface area contributed by atoms with Crippen molar-refractivity contribution >= 4 is 28.6 Å². The van der Waals surface area contributed by atoms with Gasteiger partial charge in [-0.15, -0.1) is 22.7 Å². The lowest BCUT2D eigenvalue weighted by Gasteiger charge is -2.25. The zero-order valence-corrected chi connectivity index (χ0v) is 12.3. The van der Waals surface area contributed by atoms with Crippen molar-refractivity contribution in [3.63, 3.8) is 0 Å². The highest BCUT2D eigenvalue weighted by Crippen LogP contribution is 2.35. The number of carbonyl (C=O) groups is 1. The number of nitrogens with zero attached hydrogens (tertiary/aromatic N) is 2. The maximum atomic E-state index is 11.7. The van der Waals surface area contributed by atoms with E-state index in [9.17, 15) is 4.79 Å². The number of amides is 1. The molecule has 2 aromatic rings. The highest BCUT2D eigenvalue weighted by Gasteiger charge is 2.22. The summed E-state index contributed by atoms with van der Waals surface area (Å²) >= 11 is 3.48. The van der Waals surface area contributed by atoms with Crippen LogP contribution in [-0.2, 0) is 17.8 Å². The second kappa shape index (κ2) is 4.90. The van der Waals surface area contributed by atoms with Gasteiger partial charge in [-0.05, 0) is 31.1 Å². The van der Waals surface area contributed by atoms with Crippen LogP contribution in [0.5, 0.6) is 0 Å². The Balaban J connectivity index is 1.88. The number of rotatable bonds is 2. The van der Waals surface area contributed by atoms with Crippen molar-refractivity contribution < 1.29 is 4.79 Å². The molecule has 0 spiro atoms. The molecule has 0 saturated heterocycles. The SMILES string of the molecule is C=CC(=O)N1CCc2sc(-c3csc(C)n3)cc2C1. The predicted molar refractivity (Wildman–Crippen MR) is 79.5 cm³/mol. The molecule has 2 aromatic heterocycles. The topological polar surface area (TPSA) is 33.2 Å². The molecule has 1 aliphatic rings. The Kier molecular flexibility index (Phi) is 3.24. The average Bonchev–Trinajstić information content (AvgIpc) is 3.02. The van der Waals surface area contributed by atoms with E-state index in [1.165, 1.54) is 21.4 Å². The summed E-state index contributed by atoms with van der Waals surface area (Å²) in [6.07, 6.45) is 2.32. The highest BCUT2D eigenvalue weighted by molar-refractivity contribution is 7.16. The fourth-order valence-corrected chi connectivity index (χ4v) is 4.06. The van der Waals surface area contributed by atoms with Crippen LogP contribution in [0.4, 0.5) is 0 Å². The molecule has 0 radical (unpaired) electrons. The van der Waals surface area contributed by atoms with Crippen LogP contribution in [0.25, 0.3) is 10.6 Å². The maximum Gasteiger partial charge on any atom is 0.246 e. The van der Waals surface area contributed by atoms with E-state index in [4.69, 9.17) is 0 Å². The van der Waals surface area contributed by atoms with Crippen LogP contribution in [0.2, 0.25) is 0 Å². The van der Waals surface area contributed by atoms with E-state index >= 15 is 0 Å². The van der Waals surface area contributed by atoms with Gasteiger partial charge in [0.1, 0.15) is 0 Å². The second-order valence-corrected chi connectivity index (χ2v) is 6.72. The smallest absolute Gasteiger partial charge is 0.246 e. The third kappa shape index (κ3) is 2.35. The van der Waals surface area contributed by atoms with Gasteiger partial charge in [0.15, 0.2) is 0 Å². The Bertz CT molecular complexity index is 642. The molecule has 0 aliphatic carbocycles. The van der Waals surface area contributed by atoms with Crippen molar-refractivity contribution in [3.8, 4) is 10.6 Å². The molecule has 0 saturated carbocycles. The molecule has 3 rings (SSSR count). The minimum absolute atomic E-state index is 0.0166. The van der Waals surface area contributed by atoms with Crippen LogP contribution < -0.4 is 0 Å². The van der Waals surface area contributed by atoms with E-state index < -0.39 is 0 Å². The number of hydrogen-bond acceptors (Lipinski definition) is 4. The molecule has 1 aliphatic heterocycles. The van der Waals surface area contributed by atoms with Gasteiger partial charge in [-0.25, -0.2) is 4.98 Å². The first kappa shape index (κ1) is 12.6. The Morgan fingerprint density at radius 3 is 3.11 bits per heavy atom. The fraction of sp³-hybridized carbons (Fsp3) is 0.286. The van der Waals surface area contributed by atoms with E-state index in [0.29, 0.717) is 6.54 Å². The van der Waals surface area contributed by atoms with Gasteiger partial charge in [-0.3, -0.25) is 4.79 Å². The van der Waals surface area contributed by atoms with Crippen LogP contribution in [0.1, 0.15) is 15.4 Å². The third-order valence-corrected chi connectivity index (χ3v) is 5.26. The normalized spacial score (nSPS) is 14.3. The third-order valence-electron chi connectivity index (χ3n) is 3.22. The molecule has 19 heavy (non-hydrogen) atoms. The van der Waals surface area contributed by atoms with Gasteiger partial charge in [-0.2, -0.15) is 0 Å². The fourth-order valence-electron chi connectivity index (χ4n) is 2.25. The molecule has 0 N–H and O–H groups in total. The Morgan fingerprint density at radius 2 is 2.42 bits per heavy atom. The molecule has 1 amide bonds. The van der Waals surface area contributed by atoms with Crippen molar-refractivity contribution in [2.24, 2.45) is 0 Å². The lowest BCUT2D eigenvalue weighted by atomic mass is 10.1. The number of aromatic nitrogens is 1. The van der Waals surface area contributed by atoms with Gasteiger partial charge < -0.3 is 4.90 Å². The Hall–Kier alpha value is -1.46. The van der Waals surface area contributed by atoms with Gasteiger partial charge in [0.05, 0.1) is 15.6 Å². The molecular weight excluding hydrogens is 276 g/mol. The number of thiophene rings is 1. The number of fused-ring (bicyclic) bond motifs is 1. The van der Waals surface area contributed by atoms with Gasteiger partial charge >= 0.3 is 0 Å². The highest BCUT2D eigenvalue weighted by atomic mass is 32.1. The van der Waals surface area contributed by atoms with Crippen molar-refractivity contribution in [2.45, 2.75) is 19.9 Å². The molecule has 0 atom stereocenters. The molecule has 0 fully saturated rings. The van der Waals surface area contributed by atoms with E-state index in [2.05, 4.69) is 23.0 Å². The standard InChI is InChI=1S/C14H14N2OS2/c1-3-14(17)16-5-4-12-10(7-16)6-13(19-12)11-8-18-9(2)15-11/h3,6,8H,1,4-5,7H2,2H3. The van der Waals surface area contributed by atoms with Crippen LogP contribution in [0.3, 0.4) is 0 Å². The van der Waals surface area contributed by atoms with Crippen molar-refractivity contribution in [1.82, 2.24) is 9.88 Å². The van der Waals surface area contributed by atoms with Crippen LogP contribution >= 0.6 is 22.7 Å². The van der Waals surface area contributed by atoms with E-state index in [1.54, 1.807) is 22.7 Å². The first-order chi connectivity index (χ1) is 9.17. The number of hydrogen-bond donors (Lipinski definition) is 0. The minimum Gasteiger partial charge on any atom is -0.334 e. The van der Waals surface area contributed by atoms with Gasteiger partial charge in [0, 0.05) is 23.3 Å². The van der Waals surface area contributed by atoms with Gasteiger partial charge in [-0.1, -0.05) is 6.58 Å². The molecule has 3 nitrogen and oxygen atoms in total. The summed E-state index contributed by atoms with van der Waals surface area (Å²) < 4.78 is 0. The molecule has 3 heterocycles. The molecule has 0 aromatic carbocycles. The Labute approximate surface area is 120 Å². The van der Waals surface area contributed by atoms with Crippen LogP contribution in [0.15, 0.2) is 24.1 Å². The van der Waals surface area contributed by atoms with Gasteiger partial charge in [0.25, 0.3) is 0 Å². The van der Waals surface area contributed by atoms with Crippen molar-refractivity contribution in [3.05, 3.63) is 39.5 Å². The number of thiazole rings is 1. The summed E-state index contributed by atoms with van der Waals surface area (Å²) in [5.74, 6) is 0.0166. The van der Waals surface area contributed by atoms with E-state index in [-0.39, 0.29) is 5.91 Å². The van der Waals surface area contributed by atoms with Crippen LogP contribution in [-0.4, -0.2) is 22.3 Å². The summed E-state index contributed by atoms with van der Waals surface area (Å²) in [5.41, 5.74) is 2.32. The van der Waals surface area contributed by atoms with Gasteiger partial charge in [0.2, 0.25) is 5.91 Å². The largest absolute Gasteiger partial charge is 0.334 e. The molecule has 0 unspecified atom stereocenters. The van der Waals surface area contributed by atoms with E-state index in [1.807, 2.05) is 11.8 Å². The summed E-state index contributed by atoms with van der Waals surface area (Å²) in [4.78, 5) is 20.6. The van der Waals surface area contributed by atoms with Crippen molar-refractivity contribution in [1.29, 1.82) is 0 Å². The summed E-state index contributed by atoms with van der Waals surface area (Å²) in [6, 6.07) is 2.18. The minimum atomic E-state index is 0.0166. The first-order valence-corrected chi connectivity index (χ1v) is 7.82. The summed E-state index contributed by atoms with van der Waals surface area (Å²) in [6.45, 7) is 7.05. The zero-order valence-electron chi connectivity index (χ0n) is 10.7. The summed E-state index contributed by atoms with van der Waals surface area (Å²) in [7, 11) is 0. The zero-order chi connectivity index (χ0) is 13.4. The average molecular weight is 290 g/mol. The second-order valence-electron chi connectivity index (χ2n) is 4.52. The molecular formula is C14H14N2OS2. The number of carbonyl (C=O) groups excluding carboxylic acids is 1. The molecule has 0 bridgehead atoms. The monoisotopic (exact) mass is 290 g/mol. The first-order valence-electron chi connectivity index (χ1n) is 6.13. The number of aryl methyl sites for hydroxylation is 1. The molecule has 98 valence electrons. The Morgan fingerprint density at radius 1 is 1.58 bits per heavy atom. The van der Waals surface area contributed by atoms with E-state index in [0.717, 1.165) is 23.7 Å².